The number of amides is 1. The SMILES string of the molecule is NC(=O)c1cc(-c2ccc(N3CCC(O)C3)nc2)nc2c(N[C@@H]3CNC[C@@H](F)C3)ncnc12. The molecule has 0 bridgehead atoms. The van der Waals surface area contributed by atoms with Crippen LogP contribution in [-0.4, -0.2) is 75.4 Å². The average molecular weight is 452 g/mol. The molecule has 0 spiro atoms. The van der Waals surface area contributed by atoms with Crippen molar-refractivity contribution in [3.63, 3.8) is 0 Å². The standard InChI is InChI=1S/C22H25FN8O2/c23-13-5-14(9-25-8-13)29-22-20-19(27-11-28-22)16(21(24)33)6-17(30-20)12-1-2-18(26-7-12)31-4-3-15(32)10-31/h1-2,6-7,11,13-15,25,32H,3-5,8-10H2,(H2,24,33)(H,27,28,29)/t13-,14-,15?/m0/s1. The first-order chi connectivity index (χ1) is 16.0. The molecule has 1 unspecified atom stereocenters. The number of primary amides is 1. The van der Waals surface area contributed by atoms with Crippen molar-refractivity contribution in [3.05, 3.63) is 36.3 Å². The Balaban J connectivity index is 1.51. The maximum atomic E-state index is 13.8. The number of hydrogen-bond acceptors (Lipinski definition) is 9. The molecular formula is C22H25FN8O2. The number of halogens is 1. The van der Waals surface area contributed by atoms with Crippen LogP contribution in [0.2, 0.25) is 0 Å². The van der Waals surface area contributed by atoms with Crippen LogP contribution in [0.3, 0.4) is 0 Å². The smallest absolute Gasteiger partial charge is 0.251 e. The fourth-order valence-electron chi connectivity index (χ4n) is 4.35. The van der Waals surface area contributed by atoms with Gasteiger partial charge in [-0.2, -0.15) is 0 Å². The first-order valence-corrected chi connectivity index (χ1v) is 10.9. The lowest BCUT2D eigenvalue weighted by Gasteiger charge is -2.27. The molecule has 5 rings (SSSR count). The second kappa shape index (κ2) is 8.83. The van der Waals surface area contributed by atoms with Crippen molar-refractivity contribution in [2.45, 2.75) is 31.2 Å². The van der Waals surface area contributed by atoms with E-state index in [1.54, 1.807) is 12.3 Å². The summed E-state index contributed by atoms with van der Waals surface area (Å²) in [5.41, 5.74) is 7.78. The lowest BCUT2D eigenvalue weighted by molar-refractivity contribution is 0.100. The van der Waals surface area contributed by atoms with Crippen LogP contribution >= 0.6 is 0 Å². The lowest BCUT2D eigenvalue weighted by atomic mass is 10.1. The number of nitrogens with one attached hydrogen (secondary N) is 2. The molecule has 2 aliphatic rings. The molecule has 3 atom stereocenters. The van der Waals surface area contributed by atoms with Gasteiger partial charge in [0.25, 0.3) is 5.91 Å². The van der Waals surface area contributed by atoms with Crippen molar-refractivity contribution in [1.29, 1.82) is 0 Å². The van der Waals surface area contributed by atoms with E-state index in [4.69, 9.17) is 10.7 Å². The fraction of sp³-hybridized carbons (Fsp3) is 0.409. The largest absolute Gasteiger partial charge is 0.391 e. The number of aromatic nitrogens is 4. The molecule has 11 heteroatoms. The molecule has 2 aliphatic heterocycles. The topological polar surface area (TPSA) is 142 Å². The van der Waals surface area contributed by atoms with Gasteiger partial charge in [-0.05, 0) is 24.6 Å². The Morgan fingerprint density at radius 3 is 2.82 bits per heavy atom. The summed E-state index contributed by atoms with van der Waals surface area (Å²) in [4.78, 5) is 32.0. The third kappa shape index (κ3) is 4.41. The van der Waals surface area contributed by atoms with Crippen LogP contribution in [0.15, 0.2) is 30.7 Å². The number of pyridine rings is 2. The molecular weight excluding hydrogens is 427 g/mol. The zero-order valence-corrected chi connectivity index (χ0v) is 17.9. The molecule has 0 aromatic carbocycles. The maximum Gasteiger partial charge on any atom is 0.251 e. The number of hydrogen-bond donors (Lipinski definition) is 4. The molecule has 3 aromatic rings. The molecule has 2 fully saturated rings. The van der Waals surface area contributed by atoms with E-state index in [9.17, 15) is 14.3 Å². The van der Waals surface area contributed by atoms with Crippen molar-refractivity contribution >= 4 is 28.6 Å². The van der Waals surface area contributed by atoms with Crippen molar-refractivity contribution < 1.29 is 14.3 Å². The summed E-state index contributed by atoms with van der Waals surface area (Å²) in [5.74, 6) is 0.551. The molecule has 10 nitrogen and oxygen atoms in total. The Morgan fingerprint density at radius 1 is 1.24 bits per heavy atom. The Labute approximate surface area is 189 Å². The maximum absolute atomic E-state index is 13.8. The number of aliphatic hydroxyl groups is 1. The number of nitrogens with two attached hydrogens (primary N) is 1. The first-order valence-electron chi connectivity index (χ1n) is 10.9. The number of fused-ring (bicyclic) bond motifs is 1. The number of β-amino-alcohol motifs (C(OH)–C–C–N with tert-alkyl or cyclic N) is 1. The van der Waals surface area contributed by atoms with Gasteiger partial charge in [-0.1, -0.05) is 0 Å². The molecule has 5 heterocycles. The zero-order chi connectivity index (χ0) is 22.9. The Hall–Kier alpha value is -3.44. The van der Waals surface area contributed by atoms with Gasteiger partial charge in [0.1, 0.15) is 29.4 Å². The summed E-state index contributed by atoms with van der Waals surface area (Å²) in [7, 11) is 0. The quantitative estimate of drug-likeness (QED) is 0.443. The molecule has 1 amide bonds. The summed E-state index contributed by atoms with van der Waals surface area (Å²) in [6, 6.07) is 5.14. The van der Waals surface area contributed by atoms with E-state index in [1.807, 2.05) is 17.0 Å². The molecule has 33 heavy (non-hydrogen) atoms. The van der Waals surface area contributed by atoms with Crippen LogP contribution < -0.4 is 21.3 Å². The summed E-state index contributed by atoms with van der Waals surface area (Å²) in [5, 5.41) is 16.1. The number of rotatable bonds is 5. The van der Waals surface area contributed by atoms with E-state index < -0.39 is 12.1 Å². The molecule has 5 N–H and O–H groups in total. The first kappa shape index (κ1) is 21.4. The lowest BCUT2D eigenvalue weighted by Crippen LogP contribution is -2.44. The van der Waals surface area contributed by atoms with Crippen LogP contribution in [0.5, 0.6) is 0 Å². The van der Waals surface area contributed by atoms with E-state index in [0.29, 0.717) is 60.6 Å². The van der Waals surface area contributed by atoms with Gasteiger partial charge in [-0.15, -0.1) is 0 Å². The fourth-order valence-corrected chi connectivity index (χ4v) is 4.35. The second-order valence-electron chi connectivity index (χ2n) is 8.46. The molecule has 172 valence electrons. The number of aliphatic hydroxyl groups excluding tert-OH is 1. The minimum absolute atomic E-state index is 0.175. The van der Waals surface area contributed by atoms with Crippen molar-refractivity contribution in [2.75, 3.05) is 36.4 Å². The number of carbonyl (C=O) groups excluding carboxylic acids is 1. The van der Waals surface area contributed by atoms with Crippen molar-refractivity contribution in [2.24, 2.45) is 5.73 Å². The molecule has 0 radical (unpaired) electrons. The predicted octanol–water partition coefficient (Wildman–Crippen LogP) is 0.869. The van der Waals surface area contributed by atoms with Crippen LogP contribution in [0.25, 0.3) is 22.3 Å². The number of piperidine rings is 1. The highest BCUT2D eigenvalue weighted by Gasteiger charge is 2.24. The summed E-state index contributed by atoms with van der Waals surface area (Å²) >= 11 is 0. The Kier molecular flexibility index (Phi) is 5.73. The molecule has 3 aromatic heterocycles. The van der Waals surface area contributed by atoms with E-state index >= 15 is 0 Å². The third-order valence-electron chi connectivity index (χ3n) is 6.02. The van der Waals surface area contributed by atoms with Gasteiger partial charge < -0.3 is 26.4 Å². The molecule has 0 saturated carbocycles. The summed E-state index contributed by atoms with van der Waals surface area (Å²) in [6.07, 6.45) is 2.78. The highest BCUT2D eigenvalue weighted by molar-refractivity contribution is 6.06. The average Bonchev–Trinajstić information content (AvgIpc) is 3.25. The van der Waals surface area contributed by atoms with Crippen LogP contribution in [0.1, 0.15) is 23.2 Å². The van der Waals surface area contributed by atoms with Crippen molar-refractivity contribution in [3.8, 4) is 11.3 Å². The highest BCUT2D eigenvalue weighted by Crippen LogP contribution is 2.28. The van der Waals surface area contributed by atoms with E-state index in [2.05, 4.69) is 25.6 Å². The zero-order valence-electron chi connectivity index (χ0n) is 17.9. The Bertz CT molecular complexity index is 1180. The van der Waals surface area contributed by atoms with Gasteiger partial charge in [0.05, 0.1) is 17.4 Å². The number of anilines is 2. The van der Waals surface area contributed by atoms with Crippen LogP contribution in [0, 0.1) is 0 Å². The van der Waals surface area contributed by atoms with Crippen molar-refractivity contribution in [1.82, 2.24) is 25.3 Å². The molecule has 2 saturated heterocycles. The van der Waals surface area contributed by atoms with Gasteiger partial charge in [-0.3, -0.25) is 4.79 Å². The van der Waals surface area contributed by atoms with Crippen LogP contribution in [0.4, 0.5) is 16.0 Å². The van der Waals surface area contributed by atoms with E-state index in [-0.39, 0.29) is 17.7 Å². The minimum Gasteiger partial charge on any atom is -0.391 e. The normalized spacial score (nSPS) is 23.1. The van der Waals surface area contributed by atoms with Gasteiger partial charge in [0.2, 0.25) is 0 Å². The summed E-state index contributed by atoms with van der Waals surface area (Å²) < 4.78 is 13.8. The number of alkyl halides is 1. The monoisotopic (exact) mass is 452 g/mol. The second-order valence-corrected chi connectivity index (χ2v) is 8.46. The predicted molar refractivity (Wildman–Crippen MR) is 122 cm³/mol. The molecule has 0 aliphatic carbocycles. The van der Waals surface area contributed by atoms with Gasteiger partial charge in [-0.25, -0.2) is 24.3 Å². The van der Waals surface area contributed by atoms with Crippen LogP contribution in [-0.2, 0) is 0 Å². The van der Waals surface area contributed by atoms with E-state index in [1.165, 1.54) is 6.33 Å². The van der Waals surface area contributed by atoms with Gasteiger partial charge in [0.15, 0.2) is 5.82 Å². The van der Waals surface area contributed by atoms with E-state index in [0.717, 1.165) is 12.4 Å². The summed E-state index contributed by atoms with van der Waals surface area (Å²) in [6.45, 7) is 2.21. The highest BCUT2D eigenvalue weighted by atomic mass is 19.1. The minimum atomic E-state index is -0.949. The number of nitrogens with zero attached hydrogens (tertiary/aromatic N) is 5. The Morgan fingerprint density at radius 2 is 2.12 bits per heavy atom. The van der Waals surface area contributed by atoms with Gasteiger partial charge >= 0.3 is 0 Å². The third-order valence-corrected chi connectivity index (χ3v) is 6.02. The van der Waals surface area contributed by atoms with Gasteiger partial charge in [0, 0.05) is 50.4 Å². The number of carbonyl (C=O) groups is 1.